The zero-order valence-electron chi connectivity index (χ0n) is 18.9. The van der Waals surface area contributed by atoms with Crippen LogP contribution < -0.4 is 14.2 Å². The van der Waals surface area contributed by atoms with Crippen LogP contribution in [0.1, 0.15) is 37.8 Å². The van der Waals surface area contributed by atoms with Crippen molar-refractivity contribution < 1.29 is 27.4 Å². The number of aryl methyl sites for hydroxylation is 2. The Morgan fingerprint density at radius 2 is 1.68 bits per heavy atom. The second-order valence-corrected chi connectivity index (χ2v) is 9.72. The van der Waals surface area contributed by atoms with E-state index in [9.17, 15) is 13.2 Å². The maximum atomic E-state index is 12.7. The molecule has 2 rings (SSSR count). The lowest BCUT2D eigenvalue weighted by Gasteiger charge is -2.21. The summed E-state index contributed by atoms with van der Waals surface area (Å²) in [6, 6.07) is 9.76. The Morgan fingerprint density at radius 1 is 1.03 bits per heavy atom. The number of methoxy groups -OCH3 is 2. The summed E-state index contributed by atoms with van der Waals surface area (Å²) in [5, 5.41) is 0. The van der Waals surface area contributed by atoms with Gasteiger partial charge in [0.05, 0.1) is 36.8 Å². The lowest BCUT2D eigenvalue weighted by Crippen LogP contribution is -2.26. The molecule has 0 atom stereocenters. The van der Waals surface area contributed by atoms with Crippen LogP contribution in [0.4, 0.5) is 5.69 Å². The molecule has 0 saturated heterocycles. The van der Waals surface area contributed by atoms with Crippen LogP contribution in [0.25, 0.3) is 0 Å². The molecule has 1 N–H and O–H groups in total. The van der Waals surface area contributed by atoms with Crippen LogP contribution in [0, 0.1) is 19.3 Å². The molecule has 2 aromatic carbocycles. The van der Waals surface area contributed by atoms with Crippen molar-refractivity contribution in [1.29, 1.82) is 0 Å². The van der Waals surface area contributed by atoms with Crippen LogP contribution in [0.15, 0.2) is 41.3 Å². The Morgan fingerprint density at radius 3 is 2.26 bits per heavy atom. The average Bonchev–Trinajstić information content (AvgIpc) is 2.73. The molecular weight excluding hydrogens is 418 g/mol. The number of esters is 1. The van der Waals surface area contributed by atoms with E-state index in [1.807, 2.05) is 33.8 Å². The molecule has 31 heavy (non-hydrogen) atoms. The summed E-state index contributed by atoms with van der Waals surface area (Å²) in [5.74, 6) is 1.02. The summed E-state index contributed by atoms with van der Waals surface area (Å²) in [6.07, 6.45) is 1.32. The molecule has 8 heteroatoms. The van der Waals surface area contributed by atoms with Crippen LogP contribution in [-0.2, 0) is 19.6 Å². The largest absolute Gasteiger partial charge is 0.497 e. The Labute approximate surface area is 184 Å². The van der Waals surface area contributed by atoms with Crippen molar-refractivity contribution in [3.05, 3.63) is 47.5 Å². The lowest BCUT2D eigenvalue weighted by molar-refractivity contribution is -0.151. The predicted molar refractivity (Wildman–Crippen MR) is 120 cm³/mol. The summed E-state index contributed by atoms with van der Waals surface area (Å²) < 4.78 is 43.8. The van der Waals surface area contributed by atoms with Gasteiger partial charge < -0.3 is 14.2 Å². The van der Waals surface area contributed by atoms with E-state index in [1.165, 1.54) is 26.4 Å². The van der Waals surface area contributed by atoms with Gasteiger partial charge in [-0.2, -0.15) is 0 Å². The molecule has 0 aromatic heterocycles. The Bertz CT molecular complexity index is 1010. The van der Waals surface area contributed by atoms with Crippen molar-refractivity contribution in [2.24, 2.45) is 5.41 Å². The van der Waals surface area contributed by atoms with E-state index >= 15 is 0 Å². The fourth-order valence-electron chi connectivity index (χ4n) is 3.09. The van der Waals surface area contributed by atoms with E-state index in [1.54, 1.807) is 18.2 Å². The number of hydrogen-bond acceptors (Lipinski definition) is 6. The molecule has 0 bridgehead atoms. The summed E-state index contributed by atoms with van der Waals surface area (Å²) in [6.45, 7) is 7.81. The van der Waals surface area contributed by atoms with Crippen LogP contribution in [-0.4, -0.2) is 35.2 Å². The molecule has 0 radical (unpaired) electrons. The maximum absolute atomic E-state index is 12.7. The number of ether oxygens (including phenoxy) is 3. The lowest BCUT2D eigenvalue weighted by atomic mass is 9.88. The smallest absolute Gasteiger partial charge is 0.311 e. The van der Waals surface area contributed by atoms with Gasteiger partial charge in [0, 0.05) is 0 Å². The number of nitrogens with one attached hydrogen (secondary N) is 1. The number of benzene rings is 2. The quantitative estimate of drug-likeness (QED) is 0.425. The van der Waals surface area contributed by atoms with Gasteiger partial charge in [0.25, 0.3) is 10.0 Å². The molecule has 0 unspecified atom stereocenters. The minimum Gasteiger partial charge on any atom is -0.497 e. The van der Waals surface area contributed by atoms with E-state index in [0.717, 1.165) is 11.1 Å². The standard InChI is InChI=1S/C23H31NO6S/c1-16-15-21(30-13-7-12-23(3,4)22(25)29-6)17(2)14-20(16)24-31(26,27)19-10-8-18(28-5)9-11-19/h8-11,14-15,24H,7,12-13H2,1-6H3. The van der Waals surface area contributed by atoms with Crippen LogP contribution in [0.3, 0.4) is 0 Å². The predicted octanol–water partition coefficient (Wildman–Crippen LogP) is 4.47. The van der Waals surface area contributed by atoms with Crippen molar-refractivity contribution >= 4 is 21.7 Å². The SMILES string of the molecule is COC(=O)C(C)(C)CCCOc1cc(C)c(NS(=O)(=O)c2ccc(OC)cc2)cc1C. The van der Waals surface area contributed by atoms with Crippen molar-refractivity contribution in [3.8, 4) is 11.5 Å². The van der Waals surface area contributed by atoms with Crippen LogP contribution >= 0.6 is 0 Å². The van der Waals surface area contributed by atoms with E-state index in [4.69, 9.17) is 14.2 Å². The number of rotatable bonds is 10. The molecule has 0 aliphatic heterocycles. The third-order valence-electron chi connectivity index (χ3n) is 5.08. The van der Waals surface area contributed by atoms with Gasteiger partial charge in [-0.1, -0.05) is 0 Å². The fourth-order valence-corrected chi connectivity index (χ4v) is 4.21. The molecule has 0 heterocycles. The first-order chi connectivity index (χ1) is 14.5. The summed E-state index contributed by atoms with van der Waals surface area (Å²) in [5.41, 5.74) is 1.48. The maximum Gasteiger partial charge on any atom is 0.311 e. The van der Waals surface area contributed by atoms with Gasteiger partial charge >= 0.3 is 5.97 Å². The summed E-state index contributed by atoms with van der Waals surface area (Å²) >= 11 is 0. The van der Waals surface area contributed by atoms with Crippen LogP contribution in [0.5, 0.6) is 11.5 Å². The van der Waals surface area contributed by atoms with Gasteiger partial charge in [-0.15, -0.1) is 0 Å². The van der Waals surface area contributed by atoms with Gasteiger partial charge in [-0.3, -0.25) is 9.52 Å². The number of carbonyl (C=O) groups is 1. The second-order valence-electron chi connectivity index (χ2n) is 8.04. The van der Waals surface area contributed by atoms with Gasteiger partial charge in [-0.05, 0) is 88.1 Å². The van der Waals surface area contributed by atoms with E-state index in [0.29, 0.717) is 36.6 Å². The molecule has 0 fully saturated rings. The van der Waals surface area contributed by atoms with E-state index < -0.39 is 15.4 Å². The second kappa shape index (κ2) is 10.0. The van der Waals surface area contributed by atoms with Crippen molar-refractivity contribution in [2.45, 2.75) is 45.4 Å². The number of carbonyl (C=O) groups excluding carboxylic acids is 1. The Hall–Kier alpha value is -2.74. The van der Waals surface area contributed by atoms with E-state index in [-0.39, 0.29) is 10.9 Å². The molecule has 0 amide bonds. The highest BCUT2D eigenvalue weighted by molar-refractivity contribution is 7.92. The summed E-state index contributed by atoms with van der Waals surface area (Å²) in [4.78, 5) is 11.9. The molecule has 0 aliphatic rings. The first-order valence-corrected chi connectivity index (χ1v) is 11.5. The Balaban J connectivity index is 2.05. The van der Waals surface area contributed by atoms with Crippen molar-refractivity contribution in [1.82, 2.24) is 0 Å². The first kappa shape index (κ1) is 24.5. The van der Waals surface area contributed by atoms with Crippen LogP contribution in [0.2, 0.25) is 0 Å². The summed E-state index contributed by atoms with van der Waals surface area (Å²) in [7, 11) is -0.817. The molecular formula is C23H31NO6S. The van der Waals surface area contributed by atoms with Crippen molar-refractivity contribution in [3.63, 3.8) is 0 Å². The minimum atomic E-state index is -3.73. The Kier molecular flexibility index (Phi) is 7.95. The van der Waals surface area contributed by atoms with Gasteiger partial charge in [0.1, 0.15) is 11.5 Å². The first-order valence-electron chi connectivity index (χ1n) is 9.99. The zero-order valence-corrected chi connectivity index (χ0v) is 19.8. The molecule has 0 aliphatic carbocycles. The topological polar surface area (TPSA) is 90.9 Å². The van der Waals surface area contributed by atoms with E-state index in [2.05, 4.69) is 4.72 Å². The van der Waals surface area contributed by atoms with Gasteiger partial charge in [0.2, 0.25) is 0 Å². The van der Waals surface area contributed by atoms with Gasteiger partial charge in [0.15, 0.2) is 0 Å². The fraction of sp³-hybridized carbons (Fsp3) is 0.435. The molecule has 7 nitrogen and oxygen atoms in total. The minimum absolute atomic E-state index is 0.152. The molecule has 2 aromatic rings. The molecule has 0 saturated carbocycles. The third kappa shape index (κ3) is 6.37. The third-order valence-corrected chi connectivity index (χ3v) is 6.46. The highest BCUT2D eigenvalue weighted by Gasteiger charge is 2.28. The highest BCUT2D eigenvalue weighted by atomic mass is 32.2. The van der Waals surface area contributed by atoms with Crippen molar-refractivity contribution in [2.75, 3.05) is 25.5 Å². The normalized spacial score (nSPS) is 11.7. The number of sulfonamides is 1. The molecule has 170 valence electrons. The average molecular weight is 450 g/mol. The number of hydrogen-bond donors (Lipinski definition) is 1. The zero-order chi connectivity index (χ0) is 23.2. The monoisotopic (exact) mass is 449 g/mol. The number of anilines is 1. The van der Waals surface area contributed by atoms with Gasteiger partial charge in [-0.25, -0.2) is 8.42 Å². The highest BCUT2D eigenvalue weighted by Crippen LogP contribution is 2.29. The molecule has 0 spiro atoms.